The molecule has 0 spiro atoms. The Hall–Kier alpha value is -1.37. The highest BCUT2D eigenvalue weighted by Gasteiger charge is 2.14. The van der Waals surface area contributed by atoms with Crippen molar-refractivity contribution in [1.29, 1.82) is 0 Å². The van der Waals surface area contributed by atoms with Crippen LogP contribution in [0.25, 0.3) is 0 Å². The molecular formula is C14H19ClN2O3S. The first kappa shape index (κ1) is 17.7. The summed E-state index contributed by atoms with van der Waals surface area (Å²) in [5, 5.41) is 0.450. The number of anilines is 1. The molecule has 7 heteroatoms. The first-order valence-electron chi connectivity index (χ1n) is 6.48. The fraction of sp³-hybridized carbons (Fsp3) is 0.429. The van der Waals surface area contributed by atoms with Crippen LogP contribution in [-0.4, -0.2) is 44.4 Å². The van der Waals surface area contributed by atoms with E-state index in [1.165, 1.54) is 0 Å². The Morgan fingerprint density at radius 1 is 1.48 bits per heavy atom. The zero-order chi connectivity index (χ0) is 15.8. The molecule has 0 unspecified atom stereocenters. The number of esters is 1. The van der Waals surface area contributed by atoms with Crippen molar-refractivity contribution >= 4 is 40.5 Å². The molecule has 116 valence electrons. The van der Waals surface area contributed by atoms with E-state index in [0.717, 1.165) is 5.69 Å². The SMILES string of the molecule is CCOC(=O)CN(CCOC)c1ccc(C(N)=S)c(Cl)c1. The molecule has 0 aromatic heterocycles. The molecule has 1 aromatic rings. The minimum absolute atomic E-state index is 0.125. The molecule has 21 heavy (non-hydrogen) atoms. The molecule has 5 nitrogen and oxygen atoms in total. The predicted molar refractivity (Wildman–Crippen MR) is 88.1 cm³/mol. The van der Waals surface area contributed by atoms with Gasteiger partial charge in [0.15, 0.2) is 0 Å². The fourth-order valence-electron chi connectivity index (χ4n) is 1.76. The van der Waals surface area contributed by atoms with Gasteiger partial charge in [-0.15, -0.1) is 0 Å². The molecule has 0 bridgehead atoms. The maximum Gasteiger partial charge on any atom is 0.325 e. The van der Waals surface area contributed by atoms with Gasteiger partial charge in [-0.05, 0) is 25.1 Å². The van der Waals surface area contributed by atoms with Crippen LogP contribution in [0.5, 0.6) is 0 Å². The number of benzene rings is 1. The highest BCUT2D eigenvalue weighted by molar-refractivity contribution is 7.80. The molecule has 0 saturated carbocycles. The van der Waals surface area contributed by atoms with Crippen molar-refractivity contribution in [2.24, 2.45) is 5.73 Å². The average molecular weight is 331 g/mol. The number of hydrogen-bond acceptors (Lipinski definition) is 5. The molecular weight excluding hydrogens is 312 g/mol. The third-order valence-corrected chi connectivity index (χ3v) is 3.31. The summed E-state index contributed by atoms with van der Waals surface area (Å²) in [7, 11) is 1.60. The van der Waals surface area contributed by atoms with Crippen molar-refractivity contribution in [3.63, 3.8) is 0 Å². The summed E-state index contributed by atoms with van der Waals surface area (Å²) in [6, 6.07) is 5.28. The minimum atomic E-state index is -0.303. The lowest BCUT2D eigenvalue weighted by Gasteiger charge is -2.24. The van der Waals surface area contributed by atoms with Crippen LogP contribution in [0.1, 0.15) is 12.5 Å². The molecule has 0 aliphatic carbocycles. The fourth-order valence-corrected chi connectivity index (χ4v) is 2.27. The maximum atomic E-state index is 11.7. The van der Waals surface area contributed by atoms with Crippen LogP contribution in [0.4, 0.5) is 5.69 Å². The van der Waals surface area contributed by atoms with E-state index in [9.17, 15) is 4.79 Å². The number of nitrogens with zero attached hydrogens (tertiary/aromatic N) is 1. The van der Waals surface area contributed by atoms with Gasteiger partial charge in [-0.25, -0.2) is 0 Å². The second-order valence-corrected chi connectivity index (χ2v) is 5.09. The second kappa shape index (κ2) is 8.81. The molecule has 1 aromatic carbocycles. The van der Waals surface area contributed by atoms with Gasteiger partial charge in [0.25, 0.3) is 0 Å². The van der Waals surface area contributed by atoms with E-state index in [1.54, 1.807) is 26.2 Å². The van der Waals surface area contributed by atoms with Crippen molar-refractivity contribution in [1.82, 2.24) is 0 Å². The van der Waals surface area contributed by atoms with Gasteiger partial charge in [-0.2, -0.15) is 0 Å². The molecule has 0 radical (unpaired) electrons. The van der Waals surface area contributed by atoms with Crippen molar-refractivity contribution in [3.8, 4) is 0 Å². The topological polar surface area (TPSA) is 64.8 Å². The molecule has 0 fully saturated rings. The molecule has 0 atom stereocenters. The summed E-state index contributed by atoms with van der Waals surface area (Å²) in [5.74, 6) is -0.303. The van der Waals surface area contributed by atoms with Crippen LogP contribution in [0.15, 0.2) is 18.2 Å². The number of nitrogens with two attached hydrogens (primary N) is 1. The lowest BCUT2D eigenvalue weighted by molar-refractivity contribution is -0.141. The largest absolute Gasteiger partial charge is 0.465 e. The van der Waals surface area contributed by atoms with E-state index in [2.05, 4.69) is 0 Å². The van der Waals surface area contributed by atoms with Crippen LogP contribution in [0, 0.1) is 0 Å². The van der Waals surface area contributed by atoms with E-state index >= 15 is 0 Å². The van der Waals surface area contributed by atoms with Crippen molar-refractivity contribution < 1.29 is 14.3 Å². The van der Waals surface area contributed by atoms with Gasteiger partial charge in [0.1, 0.15) is 11.5 Å². The lowest BCUT2D eigenvalue weighted by atomic mass is 10.2. The van der Waals surface area contributed by atoms with Crippen LogP contribution < -0.4 is 10.6 Å². The number of carbonyl (C=O) groups is 1. The van der Waals surface area contributed by atoms with Gasteiger partial charge in [0, 0.05) is 24.9 Å². The monoisotopic (exact) mass is 330 g/mol. The quantitative estimate of drug-likeness (QED) is 0.581. The standard InChI is InChI=1S/C14H19ClN2O3S/c1-3-20-13(18)9-17(6-7-19-2)10-4-5-11(14(16)21)12(15)8-10/h4-5,8H,3,6-7,9H2,1-2H3,(H2,16,21). The van der Waals surface area contributed by atoms with E-state index in [4.69, 9.17) is 39.0 Å². The number of halogens is 1. The van der Waals surface area contributed by atoms with Crippen LogP contribution in [0.3, 0.4) is 0 Å². The Morgan fingerprint density at radius 2 is 2.19 bits per heavy atom. The first-order valence-corrected chi connectivity index (χ1v) is 7.27. The normalized spacial score (nSPS) is 10.2. The van der Waals surface area contributed by atoms with E-state index in [0.29, 0.717) is 30.3 Å². The highest BCUT2D eigenvalue weighted by Crippen LogP contribution is 2.23. The van der Waals surface area contributed by atoms with E-state index in [-0.39, 0.29) is 17.5 Å². The van der Waals surface area contributed by atoms with E-state index in [1.807, 2.05) is 11.0 Å². The Balaban J connectivity index is 2.94. The minimum Gasteiger partial charge on any atom is -0.465 e. The third kappa shape index (κ3) is 5.49. The van der Waals surface area contributed by atoms with Gasteiger partial charge < -0.3 is 20.1 Å². The van der Waals surface area contributed by atoms with Crippen LogP contribution in [-0.2, 0) is 14.3 Å². The van der Waals surface area contributed by atoms with Crippen LogP contribution >= 0.6 is 23.8 Å². The second-order valence-electron chi connectivity index (χ2n) is 4.25. The Labute approximate surface area is 135 Å². The van der Waals surface area contributed by atoms with Gasteiger partial charge in [0.2, 0.25) is 0 Å². The summed E-state index contributed by atoms with van der Waals surface area (Å²) >= 11 is 11.1. The lowest BCUT2D eigenvalue weighted by Crippen LogP contribution is -2.33. The van der Waals surface area contributed by atoms with E-state index < -0.39 is 0 Å². The number of thiocarbonyl (C=S) groups is 1. The smallest absolute Gasteiger partial charge is 0.325 e. The Kier molecular flexibility index (Phi) is 7.42. The summed E-state index contributed by atoms with van der Waals surface area (Å²) in [6.07, 6.45) is 0. The van der Waals surface area contributed by atoms with Gasteiger partial charge in [0.05, 0.1) is 18.2 Å². The number of ether oxygens (including phenoxy) is 2. The summed E-state index contributed by atoms with van der Waals surface area (Å²) in [4.78, 5) is 13.7. The van der Waals surface area contributed by atoms with Crippen molar-refractivity contribution in [2.75, 3.05) is 38.3 Å². The summed E-state index contributed by atoms with van der Waals surface area (Å²) in [6.45, 7) is 3.26. The number of rotatable bonds is 8. The Morgan fingerprint density at radius 3 is 2.71 bits per heavy atom. The third-order valence-electron chi connectivity index (χ3n) is 2.77. The zero-order valence-electron chi connectivity index (χ0n) is 12.1. The summed E-state index contributed by atoms with van der Waals surface area (Å²) in [5.41, 5.74) is 6.97. The molecule has 0 aliphatic rings. The van der Waals surface area contributed by atoms with Gasteiger partial charge >= 0.3 is 5.97 Å². The summed E-state index contributed by atoms with van der Waals surface area (Å²) < 4.78 is 10.0. The van der Waals surface area contributed by atoms with Crippen LogP contribution in [0.2, 0.25) is 5.02 Å². The molecule has 0 aliphatic heterocycles. The van der Waals surface area contributed by atoms with Gasteiger partial charge in [-0.3, -0.25) is 4.79 Å². The van der Waals surface area contributed by atoms with Gasteiger partial charge in [-0.1, -0.05) is 23.8 Å². The molecule has 2 N–H and O–H groups in total. The number of hydrogen-bond donors (Lipinski definition) is 1. The molecule has 0 saturated heterocycles. The maximum absolute atomic E-state index is 11.7. The molecule has 1 rings (SSSR count). The number of methoxy groups -OCH3 is 1. The number of carbonyl (C=O) groups excluding carboxylic acids is 1. The highest BCUT2D eigenvalue weighted by atomic mass is 35.5. The molecule has 0 amide bonds. The van der Waals surface area contributed by atoms with Crippen molar-refractivity contribution in [2.45, 2.75) is 6.92 Å². The zero-order valence-corrected chi connectivity index (χ0v) is 13.7. The predicted octanol–water partition coefficient (Wildman–Crippen LogP) is 1.99. The van der Waals surface area contributed by atoms with Crippen molar-refractivity contribution in [3.05, 3.63) is 28.8 Å². The first-order chi connectivity index (χ1) is 9.99. The molecule has 0 heterocycles. The average Bonchev–Trinajstić information content (AvgIpc) is 2.43. The Bertz CT molecular complexity index is 511.